The molecular formula is C26H27ClFNO3. The largest absolute Gasteiger partial charge is 0.481 e. The molecule has 3 rings (SSSR count). The number of carboxylic acids is 1. The van der Waals surface area contributed by atoms with E-state index in [2.05, 4.69) is 5.32 Å². The van der Waals surface area contributed by atoms with Crippen LogP contribution in [-0.4, -0.2) is 17.7 Å². The lowest BCUT2D eigenvalue weighted by Crippen LogP contribution is -2.10. The Bertz CT molecular complexity index is 1040. The maximum Gasteiger partial charge on any atom is 0.303 e. The van der Waals surface area contributed by atoms with Gasteiger partial charge in [0.2, 0.25) is 0 Å². The van der Waals surface area contributed by atoms with E-state index in [1.54, 1.807) is 24.3 Å². The molecule has 0 heterocycles. The Labute approximate surface area is 193 Å². The van der Waals surface area contributed by atoms with Crippen molar-refractivity contribution in [2.75, 3.05) is 11.9 Å². The average molecular weight is 456 g/mol. The summed E-state index contributed by atoms with van der Waals surface area (Å²) in [6.07, 6.45) is 0.316. The number of carboxylic acid groups (broad SMARTS) is 1. The van der Waals surface area contributed by atoms with Gasteiger partial charge in [-0.1, -0.05) is 36.7 Å². The van der Waals surface area contributed by atoms with Gasteiger partial charge < -0.3 is 15.2 Å². The van der Waals surface area contributed by atoms with Crippen LogP contribution in [-0.2, 0) is 9.53 Å². The van der Waals surface area contributed by atoms with Crippen LogP contribution in [0.5, 0.6) is 0 Å². The number of benzene rings is 3. The molecule has 0 amide bonds. The summed E-state index contributed by atoms with van der Waals surface area (Å²) in [5, 5.41) is 13.4. The van der Waals surface area contributed by atoms with Gasteiger partial charge >= 0.3 is 5.97 Å². The third-order valence-corrected chi connectivity index (χ3v) is 5.56. The maximum absolute atomic E-state index is 13.5. The van der Waals surface area contributed by atoms with Crippen molar-refractivity contribution in [2.24, 2.45) is 0 Å². The van der Waals surface area contributed by atoms with Crippen LogP contribution in [0.25, 0.3) is 0 Å². The molecule has 0 aliphatic rings. The van der Waals surface area contributed by atoms with Crippen molar-refractivity contribution in [1.82, 2.24) is 0 Å². The molecule has 0 spiro atoms. The Balaban J connectivity index is 2.07. The maximum atomic E-state index is 13.5. The first-order valence-corrected chi connectivity index (χ1v) is 11.0. The fraction of sp³-hybridized carbons (Fsp3) is 0.269. The molecule has 0 fully saturated rings. The minimum atomic E-state index is -0.839. The van der Waals surface area contributed by atoms with Crippen molar-refractivity contribution in [2.45, 2.75) is 38.7 Å². The van der Waals surface area contributed by atoms with Gasteiger partial charge in [-0.2, -0.15) is 0 Å². The number of aliphatic carboxylic acids is 1. The SMILES string of the molecule is CCO[C@@H](c1ccc(F)cc1)c1cc(Nc2ccc(Cl)cc2)cc([C@@H](CC)CC(=O)O)c1. The van der Waals surface area contributed by atoms with Crippen molar-refractivity contribution >= 4 is 28.9 Å². The molecule has 0 radical (unpaired) electrons. The molecule has 2 N–H and O–H groups in total. The lowest BCUT2D eigenvalue weighted by molar-refractivity contribution is -0.137. The van der Waals surface area contributed by atoms with E-state index in [4.69, 9.17) is 16.3 Å². The summed E-state index contributed by atoms with van der Waals surface area (Å²) in [6.45, 7) is 4.36. The molecule has 0 saturated carbocycles. The second-order valence-electron chi connectivity index (χ2n) is 7.61. The summed E-state index contributed by atoms with van der Waals surface area (Å²) < 4.78 is 19.5. The predicted octanol–water partition coefficient (Wildman–Crippen LogP) is 7.32. The Hall–Kier alpha value is -2.89. The third-order valence-electron chi connectivity index (χ3n) is 5.30. The van der Waals surface area contributed by atoms with E-state index in [1.165, 1.54) is 12.1 Å². The summed E-state index contributed by atoms with van der Waals surface area (Å²) in [4.78, 5) is 11.4. The zero-order chi connectivity index (χ0) is 23.1. The molecule has 0 bridgehead atoms. The first kappa shape index (κ1) is 23.8. The van der Waals surface area contributed by atoms with Gasteiger partial charge in [-0.15, -0.1) is 0 Å². The van der Waals surface area contributed by atoms with Crippen LogP contribution in [0, 0.1) is 5.82 Å². The number of halogens is 2. The highest BCUT2D eigenvalue weighted by molar-refractivity contribution is 6.30. The molecule has 4 nitrogen and oxygen atoms in total. The molecule has 0 saturated heterocycles. The summed E-state index contributed by atoms with van der Waals surface area (Å²) in [7, 11) is 0. The van der Waals surface area contributed by atoms with Gasteiger partial charge in [0.15, 0.2) is 0 Å². The quantitative estimate of drug-likeness (QED) is 0.336. The van der Waals surface area contributed by atoms with Crippen LogP contribution in [0.3, 0.4) is 0 Å². The Morgan fingerprint density at radius 2 is 1.62 bits per heavy atom. The number of hydrogen-bond acceptors (Lipinski definition) is 3. The standard InChI is InChI=1S/C26H27ClFNO3/c1-3-17(16-25(30)31)19-13-20(26(32-4-2)18-5-9-22(28)10-6-18)15-24(14-19)29-23-11-7-21(27)8-12-23/h5-15,17,26,29H,3-4,16H2,1-2H3,(H,30,31)/t17-,26-/m0/s1. The van der Waals surface area contributed by atoms with Crippen molar-refractivity contribution in [1.29, 1.82) is 0 Å². The second kappa shape index (κ2) is 11.1. The number of ether oxygens (including phenoxy) is 1. The smallest absolute Gasteiger partial charge is 0.303 e. The van der Waals surface area contributed by atoms with Crippen LogP contribution >= 0.6 is 11.6 Å². The topological polar surface area (TPSA) is 58.6 Å². The zero-order valence-electron chi connectivity index (χ0n) is 18.1. The first-order chi connectivity index (χ1) is 15.4. The zero-order valence-corrected chi connectivity index (χ0v) is 18.9. The van der Waals surface area contributed by atoms with E-state index in [0.29, 0.717) is 18.1 Å². The fourth-order valence-corrected chi connectivity index (χ4v) is 3.86. The number of nitrogens with one attached hydrogen (secondary N) is 1. The van der Waals surface area contributed by atoms with Crippen molar-refractivity contribution in [3.8, 4) is 0 Å². The molecule has 168 valence electrons. The highest BCUT2D eigenvalue weighted by Crippen LogP contribution is 2.34. The third kappa shape index (κ3) is 6.31. The molecular weight excluding hydrogens is 429 g/mol. The highest BCUT2D eigenvalue weighted by atomic mass is 35.5. The molecule has 0 aliphatic carbocycles. The lowest BCUT2D eigenvalue weighted by atomic mass is 9.89. The molecule has 3 aromatic carbocycles. The summed E-state index contributed by atoms with van der Waals surface area (Å²) in [5.41, 5.74) is 4.29. The van der Waals surface area contributed by atoms with Gasteiger partial charge in [-0.3, -0.25) is 4.79 Å². The Morgan fingerprint density at radius 1 is 0.969 bits per heavy atom. The highest BCUT2D eigenvalue weighted by Gasteiger charge is 2.20. The second-order valence-corrected chi connectivity index (χ2v) is 8.05. The van der Waals surface area contributed by atoms with E-state index in [1.807, 2.05) is 44.2 Å². The van der Waals surface area contributed by atoms with Crippen LogP contribution in [0.15, 0.2) is 66.7 Å². The van der Waals surface area contributed by atoms with Gasteiger partial charge in [0.1, 0.15) is 11.9 Å². The monoisotopic (exact) mass is 455 g/mol. The van der Waals surface area contributed by atoms with Crippen molar-refractivity contribution < 1.29 is 19.0 Å². The van der Waals surface area contributed by atoms with Crippen LogP contribution in [0.2, 0.25) is 5.02 Å². The van der Waals surface area contributed by atoms with Gasteiger partial charge in [-0.05, 0) is 84.5 Å². The van der Waals surface area contributed by atoms with Gasteiger partial charge in [-0.25, -0.2) is 4.39 Å². The lowest BCUT2D eigenvalue weighted by Gasteiger charge is -2.23. The van der Waals surface area contributed by atoms with Crippen LogP contribution in [0.1, 0.15) is 55.4 Å². The van der Waals surface area contributed by atoms with E-state index in [-0.39, 0.29) is 18.2 Å². The summed E-state index contributed by atoms with van der Waals surface area (Å²) in [6, 6.07) is 19.6. The van der Waals surface area contributed by atoms with Crippen LogP contribution < -0.4 is 5.32 Å². The van der Waals surface area contributed by atoms with E-state index >= 15 is 0 Å². The van der Waals surface area contributed by atoms with E-state index in [0.717, 1.165) is 28.1 Å². The summed E-state index contributed by atoms with van der Waals surface area (Å²) in [5.74, 6) is -1.29. The number of hydrogen-bond donors (Lipinski definition) is 2. The number of carbonyl (C=O) groups is 1. The number of anilines is 2. The predicted molar refractivity (Wildman–Crippen MR) is 126 cm³/mol. The Kier molecular flexibility index (Phi) is 8.26. The minimum absolute atomic E-state index is 0.0379. The van der Waals surface area contributed by atoms with E-state index in [9.17, 15) is 14.3 Å². The fourth-order valence-electron chi connectivity index (χ4n) is 3.73. The molecule has 3 aromatic rings. The molecule has 2 atom stereocenters. The molecule has 32 heavy (non-hydrogen) atoms. The van der Waals surface area contributed by atoms with Gasteiger partial charge in [0, 0.05) is 23.0 Å². The Morgan fingerprint density at radius 3 is 2.22 bits per heavy atom. The van der Waals surface area contributed by atoms with Crippen molar-refractivity contribution in [3.05, 3.63) is 94.3 Å². The molecule has 0 aliphatic heterocycles. The van der Waals surface area contributed by atoms with Crippen molar-refractivity contribution in [3.63, 3.8) is 0 Å². The number of rotatable bonds is 10. The first-order valence-electron chi connectivity index (χ1n) is 10.7. The summed E-state index contributed by atoms with van der Waals surface area (Å²) >= 11 is 6.00. The van der Waals surface area contributed by atoms with Gasteiger partial charge in [0.25, 0.3) is 0 Å². The molecule has 0 aromatic heterocycles. The molecule has 6 heteroatoms. The normalized spacial score (nSPS) is 12.9. The molecule has 0 unspecified atom stereocenters. The van der Waals surface area contributed by atoms with Gasteiger partial charge in [0.05, 0.1) is 6.42 Å². The minimum Gasteiger partial charge on any atom is -0.481 e. The van der Waals surface area contributed by atoms with E-state index < -0.39 is 12.1 Å². The average Bonchev–Trinajstić information content (AvgIpc) is 2.78. The van der Waals surface area contributed by atoms with Crippen LogP contribution in [0.4, 0.5) is 15.8 Å².